The van der Waals surface area contributed by atoms with E-state index < -0.39 is 29.8 Å². The molecule has 1 saturated carbocycles. The number of hydrogen-bond donors (Lipinski definition) is 1. The van der Waals surface area contributed by atoms with Gasteiger partial charge in [0.15, 0.2) is 5.78 Å². The first kappa shape index (κ1) is 28.9. The molecule has 1 fully saturated rings. The number of para-hydroxylation sites is 1. The molecule has 0 saturated heterocycles. The molecule has 1 aliphatic carbocycles. The van der Waals surface area contributed by atoms with Crippen LogP contribution in [-0.4, -0.2) is 88.4 Å². The van der Waals surface area contributed by atoms with Crippen LogP contribution in [0, 0.1) is 23.7 Å². The van der Waals surface area contributed by atoms with Gasteiger partial charge in [0.25, 0.3) is 0 Å². The second-order valence-electron chi connectivity index (χ2n) is 10.7. The maximum Gasteiger partial charge on any atom is 0.344 e. The highest BCUT2D eigenvalue weighted by atomic mass is 16.2. The van der Waals surface area contributed by atoms with Crippen molar-refractivity contribution in [2.75, 3.05) is 28.2 Å². The SMILES string of the molecule is CC(NC(=O)n1nnc2ccccc21)C(=O)CC1C(=O)C(C(CCC(=O)N(C)C)C(=O)N(C)C)CCC1C. The zero-order valence-corrected chi connectivity index (χ0v) is 23.0. The van der Waals surface area contributed by atoms with Gasteiger partial charge in [-0.15, -0.1) is 5.10 Å². The molecular weight excluding hydrogens is 488 g/mol. The van der Waals surface area contributed by atoms with E-state index in [2.05, 4.69) is 15.6 Å². The van der Waals surface area contributed by atoms with Crippen LogP contribution in [-0.2, 0) is 19.2 Å². The largest absolute Gasteiger partial charge is 0.349 e. The van der Waals surface area contributed by atoms with E-state index >= 15 is 0 Å². The molecule has 0 spiro atoms. The van der Waals surface area contributed by atoms with E-state index in [-0.39, 0.29) is 48.6 Å². The lowest BCUT2D eigenvalue weighted by molar-refractivity contribution is -0.145. The first-order valence-corrected chi connectivity index (χ1v) is 13.0. The van der Waals surface area contributed by atoms with Crippen LogP contribution in [0.5, 0.6) is 0 Å². The smallest absolute Gasteiger partial charge is 0.344 e. The number of carbonyl (C=O) groups excluding carboxylic acids is 5. The molecule has 1 heterocycles. The van der Waals surface area contributed by atoms with Gasteiger partial charge < -0.3 is 15.1 Å². The Kier molecular flexibility index (Phi) is 9.35. The summed E-state index contributed by atoms with van der Waals surface area (Å²) < 4.78 is 1.11. The summed E-state index contributed by atoms with van der Waals surface area (Å²) in [6.45, 7) is 3.52. The van der Waals surface area contributed by atoms with E-state index in [1.165, 1.54) is 9.80 Å². The van der Waals surface area contributed by atoms with E-state index in [0.717, 1.165) is 4.68 Å². The van der Waals surface area contributed by atoms with E-state index in [1.807, 2.05) is 6.92 Å². The minimum atomic E-state index is -0.845. The molecule has 3 amide bonds. The Hall–Kier alpha value is -3.63. The van der Waals surface area contributed by atoms with Crippen molar-refractivity contribution in [2.24, 2.45) is 23.7 Å². The van der Waals surface area contributed by atoms with Crippen molar-refractivity contribution in [2.45, 2.75) is 52.0 Å². The molecule has 0 aliphatic heterocycles. The lowest BCUT2D eigenvalue weighted by Gasteiger charge is -2.37. The van der Waals surface area contributed by atoms with Crippen LogP contribution in [0.4, 0.5) is 4.79 Å². The van der Waals surface area contributed by atoms with Gasteiger partial charge in [0.05, 0.1) is 11.6 Å². The van der Waals surface area contributed by atoms with Crippen molar-refractivity contribution in [3.63, 3.8) is 0 Å². The normalized spacial score (nSPS) is 21.0. The number of carbonyl (C=O) groups is 5. The van der Waals surface area contributed by atoms with E-state index in [9.17, 15) is 24.0 Å². The number of nitrogens with zero attached hydrogens (tertiary/aromatic N) is 5. The molecule has 3 rings (SSSR count). The molecule has 1 aliphatic rings. The third-order valence-corrected chi connectivity index (χ3v) is 7.55. The first-order chi connectivity index (χ1) is 17.9. The highest BCUT2D eigenvalue weighted by Crippen LogP contribution is 2.38. The zero-order valence-electron chi connectivity index (χ0n) is 23.0. The van der Waals surface area contributed by atoms with Crippen LogP contribution in [0.25, 0.3) is 11.0 Å². The van der Waals surface area contributed by atoms with Crippen LogP contribution in [0.15, 0.2) is 24.3 Å². The van der Waals surface area contributed by atoms with Gasteiger partial charge in [-0.2, -0.15) is 4.68 Å². The maximum atomic E-state index is 13.7. The number of nitrogens with one attached hydrogen (secondary N) is 1. The van der Waals surface area contributed by atoms with Gasteiger partial charge in [-0.3, -0.25) is 19.2 Å². The summed E-state index contributed by atoms with van der Waals surface area (Å²) in [5.74, 6) is -2.45. The summed E-state index contributed by atoms with van der Waals surface area (Å²) in [4.78, 5) is 67.8. The highest BCUT2D eigenvalue weighted by Gasteiger charge is 2.43. The molecule has 11 heteroatoms. The van der Waals surface area contributed by atoms with Gasteiger partial charge in [-0.05, 0) is 44.2 Å². The van der Waals surface area contributed by atoms with Crippen molar-refractivity contribution in [3.8, 4) is 0 Å². The Morgan fingerprint density at radius 2 is 1.76 bits per heavy atom. The van der Waals surface area contributed by atoms with Gasteiger partial charge >= 0.3 is 6.03 Å². The number of ketones is 2. The number of hydrogen-bond acceptors (Lipinski definition) is 7. The summed E-state index contributed by atoms with van der Waals surface area (Å²) in [7, 11) is 6.60. The standard InChI is InChI=1S/C27H38N6O5/c1-16-11-12-18(19(26(37)32(5)6)13-14-24(35)31(3)4)25(36)20(16)15-23(34)17(2)28-27(38)33-22-10-8-7-9-21(22)29-30-33/h7-10,16-20H,11-15H2,1-6H3,(H,28,38). The van der Waals surface area contributed by atoms with Crippen LogP contribution in [0.1, 0.15) is 46.0 Å². The third kappa shape index (κ3) is 6.43. The van der Waals surface area contributed by atoms with E-state index in [0.29, 0.717) is 23.9 Å². The lowest BCUT2D eigenvalue weighted by atomic mass is 9.66. The second-order valence-corrected chi connectivity index (χ2v) is 10.7. The van der Waals surface area contributed by atoms with Crippen molar-refractivity contribution < 1.29 is 24.0 Å². The fraction of sp³-hybridized carbons (Fsp3) is 0.593. The Bertz CT molecular complexity index is 1210. The fourth-order valence-electron chi connectivity index (χ4n) is 5.11. The molecule has 1 aromatic carbocycles. The summed E-state index contributed by atoms with van der Waals surface area (Å²) in [6.07, 6.45) is 1.64. The molecular formula is C27H38N6O5. The predicted molar refractivity (Wildman–Crippen MR) is 141 cm³/mol. The quantitative estimate of drug-likeness (QED) is 0.529. The van der Waals surface area contributed by atoms with Gasteiger partial charge in [-0.25, -0.2) is 4.79 Å². The molecule has 1 aromatic heterocycles. The van der Waals surface area contributed by atoms with Crippen LogP contribution < -0.4 is 5.32 Å². The molecule has 1 N–H and O–H groups in total. The Morgan fingerprint density at radius 1 is 1.08 bits per heavy atom. The predicted octanol–water partition coefficient (Wildman–Crippen LogP) is 2.14. The Morgan fingerprint density at radius 3 is 2.42 bits per heavy atom. The fourth-order valence-corrected chi connectivity index (χ4v) is 5.11. The number of Topliss-reactive ketones (excluding diaryl/α,β-unsaturated/α-hetero) is 2. The Balaban J connectivity index is 1.70. The number of amides is 3. The molecule has 5 atom stereocenters. The molecule has 38 heavy (non-hydrogen) atoms. The molecule has 11 nitrogen and oxygen atoms in total. The minimum absolute atomic E-state index is 0.0322. The summed E-state index contributed by atoms with van der Waals surface area (Å²) >= 11 is 0. The van der Waals surface area contributed by atoms with Gasteiger partial charge in [0.2, 0.25) is 11.8 Å². The van der Waals surface area contributed by atoms with E-state index in [4.69, 9.17) is 0 Å². The van der Waals surface area contributed by atoms with Gasteiger partial charge in [-0.1, -0.05) is 24.3 Å². The summed E-state index contributed by atoms with van der Waals surface area (Å²) in [5.41, 5.74) is 1.08. The van der Waals surface area contributed by atoms with Crippen molar-refractivity contribution in [1.82, 2.24) is 30.1 Å². The van der Waals surface area contributed by atoms with Crippen LogP contribution in [0.2, 0.25) is 0 Å². The highest BCUT2D eigenvalue weighted by molar-refractivity contribution is 5.96. The number of rotatable bonds is 9. The molecule has 206 valence electrons. The number of benzene rings is 1. The topological polar surface area (TPSA) is 135 Å². The van der Waals surface area contributed by atoms with Gasteiger partial charge in [0, 0.05) is 58.8 Å². The number of aromatic nitrogens is 3. The first-order valence-electron chi connectivity index (χ1n) is 13.0. The minimum Gasteiger partial charge on any atom is -0.349 e. The van der Waals surface area contributed by atoms with Crippen LogP contribution >= 0.6 is 0 Å². The van der Waals surface area contributed by atoms with Crippen LogP contribution in [0.3, 0.4) is 0 Å². The van der Waals surface area contributed by atoms with Crippen molar-refractivity contribution in [3.05, 3.63) is 24.3 Å². The van der Waals surface area contributed by atoms with Gasteiger partial charge in [0.1, 0.15) is 11.3 Å². The summed E-state index contributed by atoms with van der Waals surface area (Å²) in [6, 6.07) is 5.57. The maximum absolute atomic E-state index is 13.7. The lowest BCUT2D eigenvalue weighted by Crippen LogP contribution is -2.46. The molecule has 0 radical (unpaired) electrons. The monoisotopic (exact) mass is 526 g/mol. The number of fused-ring (bicyclic) bond motifs is 1. The Labute approximate surface area is 222 Å². The third-order valence-electron chi connectivity index (χ3n) is 7.55. The molecule has 5 unspecified atom stereocenters. The average Bonchev–Trinajstić information content (AvgIpc) is 3.31. The van der Waals surface area contributed by atoms with E-state index in [1.54, 1.807) is 59.4 Å². The molecule has 0 bridgehead atoms. The summed E-state index contributed by atoms with van der Waals surface area (Å²) in [5, 5.41) is 10.5. The molecule has 2 aromatic rings. The van der Waals surface area contributed by atoms with Crippen molar-refractivity contribution >= 4 is 40.4 Å². The zero-order chi connectivity index (χ0) is 28.1. The van der Waals surface area contributed by atoms with Crippen molar-refractivity contribution in [1.29, 1.82) is 0 Å². The average molecular weight is 527 g/mol. The second kappa shape index (κ2) is 12.3.